The van der Waals surface area contributed by atoms with Crippen LogP contribution in [-0.4, -0.2) is 41.2 Å². The smallest absolute Gasteiger partial charge is 0.320 e. The fourth-order valence-corrected chi connectivity index (χ4v) is 3.35. The number of likely N-dealkylation sites (tertiary alicyclic amines) is 1. The number of ether oxygens (including phenoxy) is 1. The average molecular weight is 339 g/mol. The highest BCUT2D eigenvalue weighted by Gasteiger charge is 2.28. The first-order valence-corrected chi connectivity index (χ1v) is 8.87. The molecular weight excluding hydrogens is 314 g/mol. The molecule has 0 aliphatic carbocycles. The van der Waals surface area contributed by atoms with Gasteiger partial charge in [0.2, 0.25) is 0 Å². The Bertz CT molecular complexity index is 627. The number of carboxylic acid groups (broad SMARTS) is 1. The molecule has 1 fully saturated rings. The molecule has 0 bridgehead atoms. The van der Waals surface area contributed by atoms with Crippen molar-refractivity contribution in [3.63, 3.8) is 0 Å². The van der Waals surface area contributed by atoms with Gasteiger partial charge in [0.15, 0.2) is 0 Å². The molecule has 1 unspecified atom stereocenters. The summed E-state index contributed by atoms with van der Waals surface area (Å²) in [6.45, 7) is 3.27. The number of hydrogen-bond acceptors (Lipinski definition) is 3. The van der Waals surface area contributed by atoms with Crippen LogP contribution in [0.2, 0.25) is 0 Å². The molecule has 0 radical (unpaired) electrons. The van der Waals surface area contributed by atoms with E-state index in [2.05, 4.69) is 24.3 Å². The lowest BCUT2D eigenvalue weighted by Gasteiger charge is -2.36. The van der Waals surface area contributed by atoms with E-state index in [1.807, 2.05) is 41.3 Å². The van der Waals surface area contributed by atoms with Gasteiger partial charge in [0.1, 0.15) is 12.1 Å². The summed E-state index contributed by atoms with van der Waals surface area (Å²) in [5.41, 5.74) is 2.30. The number of hydrogen-bond donors (Lipinski definition) is 1. The van der Waals surface area contributed by atoms with E-state index < -0.39 is 12.0 Å². The van der Waals surface area contributed by atoms with Gasteiger partial charge >= 0.3 is 5.97 Å². The predicted molar refractivity (Wildman–Crippen MR) is 97.5 cm³/mol. The third kappa shape index (κ3) is 4.47. The van der Waals surface area contributed by atoms with Crippen LogP contribution in [0.4, 0.5) is 0 Å². The van der Waals surface area contributed by atoms with Crippen LogP contribution >= 0.6 is 0 Å². The minimum Gasteiger partial charge on any atom is -0.480 e. The molecule has 0 amide bonds. The van der Waals surface area contributed by atoms with E-state index >= 15 is 0 Å². The van der Waals surface area contributed by atoms with Gasteiger partial charge in [-0.1, -0.05) is 60.7 Å². The fourth-order valence-electron chi connectivity index (χ4n) is 3.35. The van der Waals surface area contributed by atoms with Crippen molar-refractivity contribution in [3.05, 3.63) is 71.8 Å². The lowest BCUT2D eigenvalue weighted by atomic mass is 10.00. The Morgan fingerprint density at radius 3 is 1.92 bits per heavy atom. The number of benzene rings is 2. The topological polar surface area (TPSA) is 49.8 Å². The zero-order chi connectivity index (χ0) is 17.6. The van der Waals surface area contributed by atoms with Crippen LogP contribution in [0.15, 0.2) is 60.7 Å². The Kier molecular flexibility index (Phi) is 5.84. The molecule has 1 saturated heterocycles. The Morgan fingerprint density at radius 2 is 1.48 bits per heavy atom. The van der Waals surface area contributed by atoms with Crippen LogP contribution in [-0.2, 0) is 9.53 Å². The summed E-state index contributed by atoms with van der Waals surface area (Å²) in [5, 5.41) is 9.17. The first kappa shape index (κ1) is 17.6. The molecule has 0 aromatic heterocycles. The Labute approximate surface area is 149 Å². The van der Waals surface area contributed by atoms with Gasteiger partial charge in [0, 0.05) is 13.1 Å². The highest BCUT2D eigenvalue weighted by Crippen LogP contribution is 2.30. The lowest BCUT2D eigenvalue weighted by molar-refractivity contribution is -0.144. The van der Waals surface area contributed by atoms with Crippen LogP contribution < -0.4 is 0 Å². The van der Waals surface area contributed by atoms with Gasteiger partial charge in [0.25, 0.3) is 0 Å². The molecule has 1 atom stereocenters. The number of aliphatic carboxylic acids is 1. The van der Waals surface area contributed by atoms with Crippen molar-refractivity contribution in [1.82, 2.24) is 4.90 Å². The van der Waals surface area contributed by atoms with Crippen molar-refractivity contribution in [2.75, 3.05) is 13.1 Å². The maximum atomic E-state index is 11.2. The fraction of sp³-hybridized carbons (Fsp3) is 0.381. The van der Waals surface area contributed by atoms with E-state index in [4.69, 9.17) is 4.74 Å². The Morgan fingerprint density at radius 1 is 1.00 bits per heavy atom. The van der Waals surface area contributed by atoms with Crippen LogP contribution in [0.5, 0.6) is 0 Å². The maximum Gasteiger partial charge on any atom is 0.320 e. The summed E-state index contributed by atoms with van der Waals surface area (Å²) in [5.74, 6) is -0.759. The number of piperidine rings is 1. The second-order valence-electron chi connectivity index (χ2n) is 6.59. The summed E-state index contributed by atoms with van der Waals surface area (Å²) < 4.78 is 6.48. The third-order valence-electron chi connectivity index (χ3n) is 4.91. The predicted octanol–water partition coefficient (Wildman–Crippen LogP) is 3.73. The van der Waals surface area contributed by atoms with Crippen LogP contribution in [0, 0.1) is 0 Å². The number of carboxylic acids is 1. The molecule has 132 valence electrons. The van der Waals surface area contributed by atoms with Crippen molar-refractivity contribution < 1.29 is 14.6 Å². The van der Waals surface area contributed by atoms with Crippen molar-refractivity contribution in [2.24, 2.45) is 0 Å². The summed E-state index contributed by atoms with van der Waals surface area (Å²) in [4.78, 5) is 13.2. The van der Waals surface area contributed by atoms with Gasteiger partial charge < -0.3 is 9.84 Å². The number of nitrogens with zero attached hydrogens (tertiary/aromatic N) is 1. The van der Waals surface area contributed by atoms with Crippen molar-refractivity contribution in [2.45, 2.75) is 38.0 Å². The molecule has 0 saturated carbocycles. The van der Waals surface area contributed by atoms with Gasteiger partial charge in [-0.05, 0) is 30.9 Å². The normalized spacial score (nSPS) is 17.5. The summed E-state index contributed by atoms with van der Waals surface area (Å²) in [6.07, 6.45) is 1.76. The maximum absolute atomic E-state index is 11.2. The quantitative estimate of drug-likeness (QED) is 0.871. The zero-order valence-electron chi connectivity index (χ0n) is 14.5. The standard InChI is InChI=1S/C21H25NO3/c1-16(21(23)24)22-14-12-19(13-15-22)25-20(17-8-4-2-5-9-17)18-10-6-3-7-11-18/h2-11,16,19-20H,12-15H2,1H3,(H,23,24). The number of carbonyl (C=O) groups is 1. The van der Waals surface area contributed by atoms with Gasteiger partial charge in [-0.25, -0.2) is 0 Å². The SMILES string of the molecule is CC(C(=O)O)N1CCC(OC(c2ccccc2)c2ccccc2)CC1. The molecule has 4 heteroatoms. The molecular formula is C21H25NO3. The molecule has 2 aromatic carbocycles. The van der Waals surface area contributed by atoms with E-state index in [9.17, 15) is 9.90 Å². The molecule has 0 spiro atoms. The minimum atomic E-state index is -0.759. The van der Waals surface area contributed by atoms with E-state index in [0.717, 1.165) is 37.1 Å². The van der Waals surface area contributed by atoms with Crippen LogP contribution in [0.25, 0.3) is 0 Å². The highest BCUT2D eigenvalue weighted by molar-refractivity contribution is 5.72. The molecule has 2 aromatic rings. The van der Waals surface area contributed by atoms with Gasteiger partial charge in [-0.2, -0.15) is 0 Å². The van der Waals surface area contributed by atoms with E-state index in [0.29, 0.717) is 0 Å². The summed E-state index contributed by atoms with van der Waals surface area (Å²) in [6, 6.07) is 20.1. The average Bonchev–Trinajstić information content (AvgIpc) is 2.67. The molecule has 1 aliphatic rings. The first-order chi connectivity index (χ1) is 12.1. The summed E-state index contributed by atoms with van der Waals surface area (Å²) in [7, 11) is 0. The monoisotopic (exact) mass is 339 g/mol. The van der Waals surface area contributed by atoms with Gasteiger partial charge in [-0.3, -0.25) is 9.69 Å². The van der Waals surface area contributed by atoms with Gasteiger partial charge in [0.05, 0.1) is 6.10 Å². The second-order valence-corrected chi connectivity index (χ2v) is 6.59. The molecule has 4 nitrogen and oxygen atoms in total. The Balaban J connectivity index is 1.69. The zero-order valence-corrected chi connectivity index (χ0v) is 14.5. The van der Waals surface area contributed by atoms with E-state index in [1.54, 1.807) is 6.92 Å². The van der Waals surface area contributed by atoms with Crippen molar-refractivity contribution in [3.8, 4) is 0 Å². The molecule has 1 heterocycles. The first-order valence-electron chi connectivity index (χ1n) is 8.87. The van der Waals surface area contributed by atoms with Gasteiger partial charge in [-0.15, -0.1) is 0 Å². The molecule has 25 heavy (non-hydrogen) atoms. The van der Waals surface area contributed by atoms with E-state index in [1.165, 1.54) is 0 Å². The molecule has 3 rings (SSSR count). The lowest BCUT2D eigenvalue weighted by Crippen LogP contribution is -2.45. The minimum absolute atomic E-state index is 0.0872. The molecule has 1 N–H and O–H groups in total. The second kappa shape index (κ2) is 8.28. The van der Waals surface area contributed by atoms with E-state index in [-0.39, 0.29) is 12.2 Å². The highest BCUT2D eigenvalue weighted by atomic mass is 16.5. The third-order valence-corrected chi connectivity index (χ3v) is 4.91. The van der Waals surface area contributed by atoms with Crippen molar-refractivity contribution >= 4 is 5.97 Å². The van der Waals surface area contributed by atoms with Crippen LogP contribution in [0.1, 0.15) is 37.0 Å². The summed E-state index contributed by atoms with van der Waals surface area (Å²) >= 11 is 0. The van der Waals surface area contributed by atoms with Crippen molar-refractivity contribution in [1.29, 1.82) is 0 Å². The largest absolute Gasteiger partial charge is 0.480 e. The van der Waals surface area contributed by atoms with Crippen LogP contribution in [0.3, 0.4) is 0 Å². The molecule has 1 aliphatic heterocycles. The number of rotatable bonds is 6. The Hall–Kier alpha value is -2.17.